The van der Waals surface area contributed by atoms with Gasteiger partial charge in [-0.2, -0.15) is 5.26 Å². The van der Waals surface area contributed by atoms with Crippen molar-refractivity contribution in [3.63, 3.8) is 0 Å². The molecule has 6 rings (SSSR count). The Bertz CT molecular complexity index is 2320. The van der Waals surface area contributed by atoms with E-state index in [2.05, 4.69) is 51.3 Å². The highest BCUT2D eigenvalue weighted by atomic mass is 127. The molecule has 0 fully saturated rings. The van der Waals surface area contributed by atoms with Crippen LogP contribution in [0, 0.1) is 18.5 Å². The first-order valence-corrected chi connectivity index (χ1v) is 18.3. The van der Waals surface area contributed by atoms with Crippen LogP contribution < -0.4 is 29.1 Å². The number of halogens is 2. The van der Waals surface area contributed by atoms with Gasteiger partial charge >= 0.3 is 5.97 Å². The molecule has 1 aliphatic rings. The average Bonchev–Trinajstić information content (AvgIpc) is 3.44. The maximum atomic E-state index is 14.4. The Labute approximate surface area is 319 Å². The van der Waals surface area contributed by atoms with E-state index in [0.29, 0.717) is 44.3 Å². The van der Waals surface area contributed by atoms with Gasteiger partial charge in [0.1, 0.15) is 12.4 Å². The van der Waals surface area contributed by atoms with Gasteiger partial charge in [-0.05, 0) is 111 Å². The van der Waals surface area contributed by atoms with Gasteiger partial charge in [0.25, 0.3) is 5.56 Å². The summed E-state index contributed by atoms with van der Waals surface area (Å²) >= 11 is 5.72. The molecular weight excluding hydrogens is 880 g/mol. The number of esters is 1. The Morgan fingerprint density at radius 1 is 0.980 bits per heavy atom. The molecule has 0 bridgehead atoms. The predicted octanol–water partition coefficient (Wildman–Crippen LogP) is 6.61. The Kier molecular flexibility index (Phi) is 11.0. The van der Waals surface area contributed by atoms with E-state index < -0.39 is 12.0 Å². The summed E-state index contributed by atoms with van der Waals surface area (Å²) in [5, 5.41) is 9.08. The Balaban J connectivity index is 1.48. The number of rotatable bonds is 10. The molecule has 0 aliphatic carbocycles. The summed E-state index contributed by atoms with van der Waals surface area (Å²) in [6, 6.07) is 27.2. The minimum absolute atomic E-state index is 0.151. The quantitative estimate of drug-likeness (QED) is 0.115. The number of hydrogen-bond acceptors (Lipinski definition) is 9. The normalized spacial score (nSPS) is 14.0. The highest BCUT2D eigenvalue weighted by molar-refractivity contribution is 14.1. The number of nitriles is 1. The maximum absolute atomic E-state index is 14.4. The van der Waals surface area contributed by atoms with Gasteiger partial charge < -0.3 is 18.9 Å². The second-order valence-electron chi connectivity index (χ2n) is 11.0. The molecule has 0 spiro atoms. The number of carbonyl (C=O) groups excluding carboxylic acids is 1. The minimum atomic E-state index is -0.860. The monoisotopic (exact) mass is 909 g/mol. The molecule has 1 aromatic heterocycles. The number of carbonyl (C=O) groups is 1. The summed E-state index contributed by atoms with van der Waals surface area (Å²) in [5.74, 6) is 1.14. The SMILES string of the molecule is CCOC(=O)C1=C(c2ccccc2)N=c2s/c(=C\c3cc(I)c(OCc4ccc(C#N)cc4)c(I)c3)c(=O)n2[C@H]1c1ccc(OC)c(OC)c1. The van der Waals surface area contributed by atoms with Crippen LogP contribution in [0.5, 0.6) is 17.2 Å². The van der Waals surface area contributed by atoms with Gasteiger partial charge in [0.05, 0.1) is 61.4 Å². The van der Waals surface area contributed by atoms with Crippen LogP contribution in [0.3, 0.4) is 0 Å². The molecule has 4 aromatic carbocycles. The van der Waals surface area contributed by atoms with Gasteiger partial charge in [-0.25, -0.2) is 9.79 Å². The van der Waals surface area contributed by atoms with Crippen molar-refractivity contribution in [1.29, 1.82) is 5.26 Å². The number of aromatic nitrogens is 1. The van der Waals surface area contributed by atoms with Gasteiger partial charge in [-0.3, -0.25) is 9.36 Å². The van der Waals surface area contributed by atoms with E-state index in [9.17, 15) is 9.59 Å². The van der Waals surface area contributed by atoms with E-state index in [1.807, 2.05) is 66.7 Å². The summed E-state index contributed by atoms with van der Waals surface area (Å²) < 4.78 is 26.6. The van der Waals surface area contributed by atoms with Crippen molar-refractivity contribution in [3.8, 4) is 23.3 Å². The lowest BCUT2D eigenvalue weighted by molar-refractivity contribution is -0.138. The number of nitrogens with zero attached hydrogens (tertiary/aromatic N) is 3. The first kappa shape index (κ1) is 35.4. The molecular formula is C38H29I2N3O6S. The summed E-state index contributed by atoms with van der Waals surface area (Å²) in [6.07, 6.45) is 1.83. The molecule has 9 nitrogen and oxygen atoms in total. The van der Waals surface area contributed by atoms with E-state index in [1.165, 1.54) is 18.4 Å². The van der Waals surface area contributed by atoms with E-state index >= 15 is 0 Å². The van der Waals surface area contributed by atoms with Gasteiger partial charge in [-0.15, -0.1) is 0 Å². The van der Waals surface area contributed by atoms with Gasteiger partial charge in [0, 0.05) is 5.56 Å². The Hall–Kier alpha value is -4.46. The second kappa shape index (κ2) is 15.6. The van der Waals surface area contributed by atoms with Gasteiger partial charge in [-0.1, -0.05) is 59.9 Å². The molecule has 0 saturated heterocycles. The number of ether oxygens (including phenoxy) is 4. The van der Waals surface area contributed by atoms with Crippen molar-refractivity contribution in [3.05, 3.63) is 145 Å². The smallest absolute Gasteiger partial charge is 0.338 e. The van der Waals surface area contributed by atoms with Gasteiger partial charge in [0.15, 0.2) is 16.3 Å². The topological polar surface area (TPSA) is 112 Å². The van der Waals surface area contributed by atoms with Crippen LogP contribution in [-0.2, 0) is 16.1 Å². The third-order valence-electron chi connectivity index (χ3n) is 7.88. The van der Waals surface area contributed by atoms with Crippen molar-refractivity contribution in [1.82, 2.24) is 4.57 Å². The van der Waals surface area contributed by atoms with Crippen LogP contribution in [-0.4, -0.2) is 31.4 Å². The zero-order valence-corrected chi connectivity index (χ0v) is 32.2. The van der Waals surface area contributed by atoms with Crippen LogP contribution in [0.25, 0.3) is 11.8 Å². The average molecular weight is 910 g/mol. The summed E-state index contributed by atoms with van der Waals surface area (Å²) in [5.41, 5.74) is 4.09. The van der Waals surface area contributed by atoms with E-state index in [0.717, 1.165) is 29.6 Å². The molecule has 12 heteroatoms. The molecule has 50 heavy (non-hydrogen) atoms. The van der Waals surface area contributed by atoms with Crippen molar-refractivity contribution in [2.75, 3.05) is 20.8 Å². The summed E-state index contributed by atoms with van der Waals surface area (Å²) in [7, 11) is 3.09. The molecule has 0 N–H and O–H groups in total. The number of methoxy groups -OCH3 is 2. The number of hydrogen-bond donors (Lipinski definition) is 0. The maximum Gasteiger partial charge on any atom is 0.338 e. The fraction of sp³-hybridized carbons (Fsp3) is 0.158. The molecule has 0 amide bonds. The first-order valence-electron chi connectivity index (χ1n) is 15.4. The molecule has 1 aliphatic heterocycles. The van der Waals surface area contributed by atoms with Crippen molar-refractivity contribution in [2.45, 2.75) is 19.6 Å². The Morgan fingerprint density at radius 3 is 2.32 bits per heavy atom. The van der Waals surface area contributed by atoms with E-state index in [4.69, 9.17) is 29.2 Å². The molecule has 0 saturated carbocycles. The molecule has 5 aromatic rings. The Morgan fingerprint density at radius 2 is 1.68 bits per heavy atom. The predicted molar refractivity (Wildman–Crippen MR) is 208 cm³/mol. The fourth-order valence-electron chi connectivity index (χ4n) is 5.56. The lowest BCUT2D eigenvalue weighted by atomic mass is 9.93. The van der Waals surface area contributed by atoms with E-state index in [-0.39, 0.29) is 17.7 Å². The molecule has 2 heterocycles. The van der Waals surface area contributed by atoms with Crippen LogP contribution in [0.15, 0.2) is 100 Å². The van der Waals surface area contributed by atoms with Crippen molar-refractivity contribution in [2.24, 2.45) is 4.99 Å². The standard InChI is InChI=1S/C38H29I2N3O6S/c1-4-48-37(45)32-33(25-8-6-5-7-9-25)42-38-43(34(32)26-14-15-29(46-2)30(19-26)47-3)36(44)31(50-38)18-24-16-27(39)35(28(40)17-24)49-21-23-12-10-22(20-41)11-13-23/h5-19,34H,4,21H2,1-3H3/b31-18-/t34-/m0/s1. The minimum Gasteiger partial charge on any atom is -0.493 e. The molecule has 0 unspecified atom stereocenters. The first-order chi connectivity index (χ1) is 24.3. The lowest BCUT2D eigenvalue weighted by Gasteiger charge is -2.26. The van der Waals surface area contributed by atoms with Crippen LogP contribution >= 0.6 is 56.5 Å². The summed E-state index contributed by atoms with van der Waals surface area (Å²) in [6.45, 7) is 2.24. The second-order valence-corrected chi connectivity index (χ2v) is 14.3. The number of fused-ring (bicyclic) bond motifs is 1. The van der Waals surface area contributed by atoms with Gasteiger partial charge in [0.2, 0.25) is 0 Å². The van der Waals surface area contributed by atoms with Crippen LogP contribution in [0.1, 0.15) is 40.8 Å². The lowest BCUT2D eigenvalue weighted by Crippen LogP contribution is -2.40. The fourth-order valence-corrected chi connectivity index (χ4v) is 8.69. The molecule has 1 atom stereocenters. The van der Waals surface area contributed by atoms with E-state index in [1.54, 1.807) is 42.9 Å². The third kappa shape index (κ3) is 7.21. The summed E-state index contributed by atoms with van der Waals surface area (Å²) in [4.78, 5) is 33.6. The largest absolute Gasteiger partial charge is 0.493 e. The molecule has 0 radical (unpaired) electrons. The highest BCUT2D eigenvalue weighted by Gasteiger charge is 2.35. The molecule has 252 valence electrons. The van der Waals surface area contributed by atoms with Crippen molar-refractivity contribution < 1.29 is 23.7 Å². The van der Waals surface area contributed by atoms with Crippen LogP contribution in [0.2, 0.25) is 0 Å². The number of benzene rings is 4. The van der Waals surface area contributed by atoms with Crippen LogP contribution in [0.4, 0.5) is 0 Å². The third-order valence-corrected chi connectivity index (χ3v) is 10.5. The zero-order chi connectivity index (χ0) is 35.4. The zero-order valence-electron chi connectivity index (χ0n) is 27.1. The highest BCUT2D eigenvalue weighted by Crippen LogP contribution is 2.38. The number of thiazole rings is 1. The van der Waals surface area contributed by atoms with Crippen molar-refractivity contribution >= 4 is 74.3 Å².